The molecule has 1 heterocycles. The van der Waals surface area contributed by atoms with E-state index in [-0.39, 0.29) is 11.4 Å². The maximum Gasteiger partial charge on any atom is 0.223 e. The highest BCUT2D eigenvalue weighted by molar-refractivity contribution is 9.10. The molecule has 1 rings (SSSR count). The Morgan fingerprint density at radius 1 is 1.43 bits per heavy atom. The fourth-order valence-electron chi connectivity index (χ4n) is 0.881. The lowest BCUT2D eigenvalue weighted by molar-refractivity contribution is 0.442. The Kier molecular flexibility index (Phi) is 3.31. The van der Waals surface area contributed by atoms with E-state index in [0.717, 1.165) is 12.4 Å². The Morgan fingerprint density at radius 3 is 2.57 bits per heavy atom. The largest absolute Gasteiger partial charge is 0.369 e. The van der Waals surface area contributed by atoms with E-state index >= 15 is 0 Å². The molecule has 0 spiro atoms. The lowest BCUT2D eigenvalue weighted by Crippen LogP contribution is -2.19. The normalized spacial score (nSPS) is 11.4. The van der Waals surface area contributed by atoms with Gasteiger partial charge in [0, 0.05) is 12.6 Å². The summed E-state index contributed by atoms with van der Waals surface area (Å²) in [5.74, 6) is 1.02. The Balaban J connectivity index is 2.68. The summed E-state index contributed by atoms with van der Waals surface area (Å²) in [6.07, 6.45) is 0. The SMILES string of the molecule is CC(C)(C)CNc1cc(Br)nc(N)n1. The highest BCUT2D eigenvalue weighted by Crippen LogP contribution is 2.17. The zero-order valence-corrected chi connectivity index (χ0v) is 10.2. The first-order chi connectivity index (χ1) is 6.37. The van der Waals surface area contributed by atoms with Crippen LogP contribution in [-0.4, -0.2) is 16.5 Å². The molecule has 0 bridgehead atoms. The van der Waals surface area contributed by atoms with Crippen LogP contribution in [0, 0.1) is 5.41 Å². The minimum atomic E-state index is 0.214. The van der Waals surface area contributed by atoms with Crippen molar-refractivity contribution in [2.75, 3.05) is 17.6 Å². The number of hydrogen-bond acceptors (Lipinski definition) is 4. The van der Waals surface area contributed by atoms with Gasteiger partial charge in [0.05, 0.1) is 0 Å². The molecule has 5 heteroatoms. The molecule has 3 N–H and O–H groups in total. The number of nitrogen functional groups attached to an aromatic ring is 1. The van der Waals surface area contributed by atoms with Gasteiger partial charge >= 0.3 is 0 Å². The minimum absolute atomic E-state index is 0.214. The molecule has 4 nitrogen and oxygen atoms in total. The summed E-state index contributed by atoms with van der Waals surface area (Å²) in [7, 11) is 0. The van der Waals surface area contributed by atoms with Crippen molar-refractivity contribution in [1.82, 2.24) is 9.97 Å². The van der Waals surface area contributed by atoms with Crippen LogP contribution in [0.15, 0.2) is 10.7 Å². The Bertz CT molecular complexity index is 299. The molecular formula is C9H15BrN4. The van der Waals surface area contributed by atoms with Crippen LogP contribution in [0.2, 0.25) is 0 Å². The van der Waals surface area contributed by atoms with Gasteiger partial charge in [-0.05, 0) is 21.3 Å². The van der Waals surface area contributed by atoms with Crippen LogP contribution in [0.25, 0.3) is 0 Å². The summed E-state index contributed by atoms with van der Waals surface area (Å²) in [4.78, 5) is 7.98. The minimum Gasteiger partial charge on any atom is -0.369 e. The van der Waals surface area contributed by atoms with Crippen molar-refractivity contribution >= 4 is 27.7 Å². The third-order valence-corrected chi connectivity index (χ3v) is 1.92. The van der Waals surface area contributed by atoms with Crippen molar-refractivity contribution < 1.29 is 0 Å². The fourth-order valence-corrected chi connectivity index (χ4v) is 1.28. The standard InChI is InChI=1S/C9H15BrN4/c1-9(2,3)5-12-7-4-6(10)13-8(11)14-7/h4H,5H2,1-3H3,(H3,11,12,13,14). The molecular weight excluding hydrogens is 244 g/mol. The van der Waals surface area contributed by atoms with E-state index < -0.39 is 0 Å². The molecule has 1 aromatic heterocycles. The van der Waals surface area contributed by atoms with E-state index in [9.17, 15) is 0 Å². The molecule has 0 aliphatic carbocycles. The van der Waals surface area contributed by atoms with Gasteiger partial charge in [-0.15, -0.1) is 0 Å². The second-order valence-electron chi connectivity index (χ2n) is 4.35. The molecule has 0 fully saturated rings. The summed E-state index contributed by atoms with van der Waals surface area (Å²) in [6.45, 7) is 7.30. The van der Waals surface area contributed by atoms with Crippen molar-refractivity contribution in [2.45, 2.75) is 20.8 Å². The summed E-state index contributed by atoms with van der Waals surface area (Å²) < 4.78 is 0.696. The zero-order chi connectivity index (χ0) is 10.8. The van der Waals surface area contributed by atoms with E-state index in [1.165, 1.54) is 0 Å². The van der Waals surface area contributed by atoms with Crippen LogP contribution in [0.5, 0.6) is 0 Å². The van der Waals surface area contributed by atoms with Crippen molar-refractivity contribution in [2.24, 2.45) is 5.41 Å². The average molecular weight is 259 g/mol. The van der Waals surface area contributed by atoms with Crippen LogP contribution in [0.4, 0.5) is 11.8 Å². The van der Waals surface area contributed by atoms with Crippen LogP contribution >= 0.6 is 15.9 Å². The summed E-state index contributed by atoms with van der Waals surface area (Å²) in [5.41, 5.74) is 5.72. The van der Waals surface area contributed by atoms with Crippen molar-refractivity contribution in [3.05, 3.63) is 10.7 Å². The lowest BCUT2D eigenvalue weighted by Gasteiger charge is -2.19. The van der Waals surface area contributed by atoms with Gasteiger partial charge < -0.3 is 11.1 Å². The molecule has 0 aliphatic heterocycles. The Morgan fingerprint density at radius 2 is 2.07 bits per heavy atom. The third-order valence-electron chi connectivity index (χ3n) is 1.51. The Hall–Kier alpha value is -0.840. The summed E-state index contributed by atoms with van der Waals surface area (Å²) in [6, 6.07) is 1.81. The molecule has 0 radical (unpaired) electrons. The number of nitrogens with two attached hydrogens (primary N) is 1. The first-order valence-corrected chi connectivity index (χ1v) is 5.20. The molecule has 0 aliphatic rings. The maximum atomic E-state index is 5.51. The predicted octanol–water partition coefficient (Wildman–Crippen LogP) is 2.28. The van der Waals surface area contributed by atoms with Gasteiger partial charge in [-0.3, -0.25) is 0 Å². The maximum absolute atomic E-state index is 5.51. The molecule has 0 saturated carbocycles. The van der Waals surface area contributed by atoms with Crippen LogP contribution in [-0.2, 0) is 0 Å². The van der Waals surface area contributed by atoms with Crippen LogP contribution < -0.4 is 11.1 Å². The predicted molar refractivity (Wildman–Crippen MR) is 62.1 cm³/mol. The molecule has 14 heavy (non-hydrogen) atoms. The van der Waals surface area contributed by atoms with Gasteiger partial charge in [-0.2, -0.15) is 4.98 Å². The van der Waals surface area contributed by atoms with Gasteiger partial charge in [0.15, 0.2) is 0 Å². The third kappa shape index (κ3) is 3.91. The number of halogens is 1. The molecule has 0 saturated heterocycles. The fraction of sp³-hybridized carbons (Fsp3) is 0.556. The van der Waals surface area contributed by atoms with Gasteiger partial charge in [-0.1, -0.05) is 20.8 Å². The second-order valence-corrected chi connectivity index (χ2v) is 5.16. The van der Waals surface area contributed by atoms with Gasteiger partial charge in [0.25, 0.3) is 0 Å². The van der Waals surface area contributed by atoms with Crippen LogP contribution in [0.1, 0.15) is 20.8 Å². The topological polar surface area (TPSA) is 63.8 Å². The first kappa shape index (κ1) is 11.2. The zero-order valence-electron chi connectivity index (χ0n) is 8.63. The number of hydrogen-bond donors (Lipinski definition) is 2. The molecule has 0 unspecified atom stereocenters. The molecule has 78 valence electrons. The average Bonchev–Trinajstić information content (AvgIpc) is 1.97. The van der Waals surface area contributed by atoms with Gasteiger partial charge in [0.1, 0.15) is 10.4 Å². The highest BCUT2D eigenvalue weighted by atomic mass is 79.9. The van der Waals surface area contributed by atoms with E-state index in [2.05, 4.69) is 52.0 Å². The molecule has 0 aromatic carbocycles. The van der Waals surface area contributed by atoms with Crippen molar-refractivity contribution in [3.8, 4) is 0 Å². The van der Waals surface area contributed by atoms with Crippen LogP contribution in [0.3, 0.4) is 0 Å². The molecule has 0 atom stereocenters. The number of rotatable bonds is 2. The summed E-state index contributed by atoms with van der Waals surface area (Å²) in [5, 5.41) is 3.21. The van der Waals surface area contributed by atoms with E-state index in [4.69, 9.17) is 5.73 Å². The molecule has 1 aromatic rings. The van der Waals surface area contributed by atoms with Crippen molar-refractivity contribution in [1.29, 1.82) is 0 Å². The summed E-state index contributed by atoms with van der Waals surface area (Å²) >= 11 is 3.26. The van der Waals surface area contributed by atoms with Gasteiger partial charge in [-0.25, -0.2) is 4.98 Å². The quantitative estimate of drug-likeness (QED) is 0.800. The Labute approximate surface area is 92.5 Å². The number of nitrogens with zero attached hydrogens (tertiary/aromatic N) is 2. The van der Waals surface area contributed by atoms with E-state index in [0.29, 0.717) is 4.60 Å². The highest BCUT2D eigenvalue weighted by Gasteiger charge is 2.10. The molecule has 0 amide bonds. The van der Waals surface area contributed by atoms with E-state index in [1.54, 1.807) is 0 Å². The lowest BCUT2D eigenvalue weighted by atomic mass is 9.97. The van der Waals surface area contributed by atoms with E-state index in [1.807, 2.05) is 6.07 Å². The number of aromatic nitrogens is 2. The second kappa shape index (κ2) is 4.13. The van der Waals surface area contributed by atoms with Crippen molar-refractivity contribution in [3.63, 3.8) is 0 Å². The number of anilines is 2. The monoisotopic (exact) mass is 258 g/mol. The number of nitrogens with one attached hydrogen (secondary N) is 1. The first-order valence-electron chi connectivity index (χ1n) is 4.41. The smallest absolute Gasteiger partial charge is 0.223 e. The van der Waals surface area contributed by atoms with Gasteiger partial charge in [0.2, 0.25) is 5.95 Å².